The smallest absolute Gasteiger partial charge is 0.314 e. The topological polar surface area (TPSA) is 68.2 Å². The van der Waals surface area contributed by atoms with Crippen LogP contribution < -0.4 is 15.4 Å². The maximum atomic E-state index is 12.0. The number of nitrogens with one attached hydrogen (secondary N) is 2. The third-order valence-electron chi connectivity index (χ3n) is 4.91. The molecule has 2 aromatic carbocycles. The molecular weight excluding hydrogens is 364 g/mol. The van der Waals surface area contributed by atoms with Gasteiger partial charge in [0, 0.05) is 24.3 Å². The number of methoxy groups -OCH3 is 1. The first kappa shape index (κ1) is 20.5. The van der Waals surface area contributed by atoms with E-state index in [2.05, 4.69) is 34.8 Å². The van der Waals surface area contributed by atoms with Gasteiger partial charge in [0.15, 0.2) is 0 Å². The molecule has 0 aliphatic carbocycles. The second-order valence-corrected chi connectivity index (χ2v) is 6.92. The molecule has 0 atom stereocenters. The Balaban J connectivity index is 1.44. The van der Waals surface area contributed by atoms with Gasteiger partial charge in [0.2, 0.25) is 0 Å². The minimum absolute atomic E-state index is 0.164. The molecule has 2 amide bonds. The molecule has 6 nitrogen and oxygen atoms in total. The Bertz CT molecular complexity index is 934. The molecule has 152 valence electrons. The minimum atomic E-state index is -0.164. The molecule has 3 aromatic rings. The first-order chi connectivity index (χ1) is 14.1. The maximum absolute atomic E-state index is 12.0. The van der Waals surface area contributed by atoms with Gasteiger partial charge in [-0.15, -0.1) is 0 Å². The zero-order valence-corrected chi connectivity index (χ0v) is 17.2. The number of urea groups is 1. The third kappa shape index (κ3) is 5.38. The van der Waals surface area contributed by atoms with Crippen molar-refractivity contribution in [1.82, 2.24) is 20.4 Å². The highest BCUT2D eigenvalue weighted by molar-refractivity contribution is 5.73. The van der Waals surface area contributed by atoms with Crippen molar-refractivity contribution in [3.63, 3.8) is 0 Å². The number of nitrogens with zero attached hydrogens (tertiary/aromatic N) is 2. The zero-order valence-electron chi connectivity index (χ0n) is 17.2. The van der Waals surface area contributed by atoms with Crippen molar-refractivity contribution in [2.45, 2.75) is 26.8 Å². The largest absolute Gasteiger partial charge is 0.497 e. The van der Waals surface area contributed by atoms with Crippen LogP contribution in [0, 0.1) is 13.8 Å². The fraction of sp³-hybridized carbons (Fsp3) is 0.304. The van der Waals surface area contributed by atoms with Crippen LogP contribution in [0.25, 0.3) is 11.1 Å². The van der Waals surface area contributed by atoms with Gasteiger partial charge in [-0.3, -0.25) is 4.68 Å². The molecule has 0 radical (unpaired) electrons. The number of amides is 2. The van der Waals surface area contributed by atoms with Crippen molar-refractivity contribution >= 4 is 6.03 Å². The second kappa shape index (κ2) is 9.78. The molecule has 0 saturated carbocycles. The number of ether oxygens (including phenoxy) is 1. The fourth-order valence-electron chi connectivity index (χ4n) is 3.39. The lowest BCUT2D eigenvalue weighted by Gasteiger charge is -2.09. The van der Waals surface area contributed by atoms with E-state index in [4.69, 9.17) is 4.74 Å². The summed E-state index contributed by atoms with van der Waals surface area (Å²) in [5.74, 6) is 0.832. The van der Waals surface area contributed by atoms with Gasteiger partial charge in [-0.25, -0.2) is 4.79 Å². The van der Waals surface area contributed by atoms with E-state index in [-0.39, 0.29) is 6.03 Å². The average Bonchev–Trinajstić information content (AvgIpc) is 3.02. The molecule has 0 aliphatic rings. The molecule has 0 spiro atoms. The summed E-state index contributed by atoms with van der Waals surface area (Å²) in [6, 6.07) is 18.0. The SMILES string of the molecule is COc1ccc(CCNC(=O)NCCn2nc(C)c(-c3ccccc3)c2C)cc1. The second-order valence-electron chi connectivity index (χ2n) is 6.92. The van der Waals surface area contributed by atoms with Gasteiger partial charge in [0.05, 0.1) is 19.3 Å². The summed E-state index contributed by atoms with van der Waals surface area (Å²) in [6.45, 7) is 5.81. The van der Waals surface area contributed by atoms with Crippen molar-refractivity contribution < 1.29 is 9.53 Å². The van der Waals surface area contributed by atoms with Crippen LogP contribution in [-0.4, -0.2) is 36.0 Å². The van der Waals surface area contributed by atoms with E-state index >= 15 is 0 Å². The Labute approximate surface area is 171 Å². The number of carbonyl (C=O) groups excluding carboxylic acids is 1. The maximum Gasteiger partial charge on any atom is 0.314 e. The molecule has 0 fully saturated rings. The quantitative estimate of drug-likeness (QED) is 0.614. The van der Waals surface area contributed by atoms with Crippen molar-refractivity contribution in [2.24, 2.45) is 0 Å². The highest BCUT2D eigenvalue weighted by Crippen LogP contribution is 2.26. The lowest BCUT2D eigenvalue weighted by Crippen LogP contribution is -2.38. The van der Waals surface area contributed by atoms with Crippen LogP contribution in [0.5, 0.6) is 5.75 Å². The summed E-state index contributed by atoms with van der Waals surface area (Å²) in [6.07, 6.45) is 0.773. The minimum Gasteiger partial charge on any atom is -0.497 e. The van der Waals surface area contributed by atoms with Crippen molar-refractivity contribution in [2.75, 3.05) is 20.2 Å². The number of aryl methyl sites for hydroxylation is 1. The molecule has 0 aliphatic heterocycles. The number of hydrogen-bond acceptors (Lipinski definition) is 3. The van der Waals surface area contributed by atoms with E-state index < -0.39 is 0 Å². The molecule has 0 bridgehead atoms. The normalized spacial score (nSPS) is 10.6. The van der Waals surface area contributed by atoms with Crippen LogP contribution in [0.1, 0.15) is 17.0 Å². The van der Waals surface area contributed by atoms with Gasteiger partial charge >= 0.3 is 6.03 Å². The Hall–Kier alpha value is -3.28. The van der Waals surface area contributed by atoms with E-state index in [0.29, 0.717) is 19.6 Å². The van der Waals surface area contributed by atoms with Gasteiger partial charge < -0.3 is 15.4 Å². The molecule has 1 aromatic heterocycles. The number of carbonyl (C=O) groups is 1. The van der Waals surface area contributed by atoms with Gasteiger partial charge in [0.1, 0.15) is 5.75 Å². The van der Waals surface area contributed by atoms with Gasteiger partial charge in [-0.05, 0) is 43.5 Å². The third-order valence-corrected chi connectivity index (χ3v) is 4.91. The lowest BCUT2D eigenvalue weighted by molar-refractivity contribution is 0.240. The Morgan fingerprint density at radius 3 is 2.38 bits per heavy atom. The van der Waals surface area contributed by atoms with Crippen LogP contribution >= 0.6 is 0 Å². The van der Waals surface area contributed by atoms with E-state index in [1.807, 2.05) is 54.1 Å². The number of benzene rings is 2. The van der Waals surface area contributed by atoms with Crippen molar-refractivity contribution in [3.05, 3.63) is 71.5 Å². The molecule has 6 heteroatoms. The van der Waals surface area contributed by atoms with Crippen LogP contribution in [-0.2, 0) is 13.0 Å². The standard InChI is InChI=1S/C23H28N4O2/c1-17-22(20-7-5-4-6-8-20)18(2)27(26-17)16-15-25-23(28)24-14-13-19-9-11-21(29-3)12-10-19/h4-12H,13-16H2,1-3H3,(H2,24,25,28). The Morgan fingerprint density at radius 1 is 1.00 bits per heavy atom. The molecule has 2 N–H and O–H groups in total. The Morgan fingerprint density at radius 2 is 1.69 bits per heavy atom. The predicted octanol–water partition coefficient (Wildman–Crippen LogP) is 3.72. The summed E-state index contributed by atoms with van der Waals surface area (Å²) >= 11 is 0. The van der Waals surface area contributed by atoms with Gasteiger partial charge in [-0.2, -0.15) is 5.10 Å². The number of rotatable bonds is 8. The molecule has 29 heavy (non-hydrogen) atoms. The lowest BCUT2D eigenvalue weighted by atomic mass is 10.0. The van der Waals surface area contributed by atoms with Gasteiger partial charge in [0.25, 0.3) is 0 Å². The fourth-order valence-corrected chi connectivity index (χ4v) is 3.39. The van der Waals surface area contributed by atoms with E-state index in [0.717, 1.165) is 40.2 Å². The molecule has 0 saturated heterocycles. The first-order valence-corrected chi connectivity index (χ1v) is 9.82. The monoisotopic (exact) mass is 392 g/mol. The number of hydrogen-bond donors (Lipinski definition) is 2. The van der Waals surface area contributed by atoms with Crippen molar-refractivity contribution in [1.29, 1.82) is 0 Å². The highest BCUT2D eigenvalue weighted by Gasteiger charge is 2.13. The van der Waals surface area contributed by atoms with Crippen LogP contribution in [0.15, 0.2) is 54.6 Å². The predicted molar refractivity (Wildman–Crippen MR) is 115 cm³/mol. The summed E-state index contributed by atoms with van der Waals surface area (Å²) < 4.78 is 7.10. The summed E-state index contributed by atoms with van der Waals surface area (Å²) in [5.41, 5.74) is 5.59. The van der Waals surface area contributed by atoms with Crippen LogP contribution in [0.4, 0.5) is 4.79 Å². The average molecular weight is 393 g/mol. The molecular formula is C23H28N4O2. The summed E-state index contributed by atoms with van der Waals surface area (Å²) in [5, 5.41) is 10.4. The van der Waals surface area contributed by atoms with E-state index in [9.17, 15) is 4.79 Å². The molecule has 0 unspecified atom stereocenters. The zero-order chi connectivity index (χ0) is 20.6. The Kier molecular flexibility index (Phi) is 6.89. The van der Waals surface area contributed by atoms with E-state index in [1.54, 1.807) is 7.11 Å². The number of aromatic nitrogens is 2. The van der Waals surface area contributed by atoms with Crippen LogP contribution in [0.3, 0.4) is 0 Å². The van der Waals surface area contributed by atoms with Crippen molar-refractivity contribution in [3.8, 4) is 16.9 Å². The summed E-state index contributed by atoms with van der Waals surface area (Å²) in [4.78, 5) is 12.0. The van der Waals surface area contributed by atoms with Gasteiger partial charge in [-0.1, -0.05) is 42.5 Å². The molecule has 3 rings (SSSR count). The van der Waals surface area contributed by atoms with E-state index in [1.165, 1.54) is 0 Å². The summed E-state index contributed by atoms with van der Waals surface area (Å²) in [7, 11) is 1.65. The van der Waals surface area contributed by atoms with Crippen LogP contribution in [0.2, 0.25) is 0 Å². The highest BCUT2D eigenvalue weighted by atomic mass is 16.5. The molecule has 1 heterocycles. The first-order valence-electron chi connectivity index (χ1n) is 9.82.